The number of anilines is 3. The minimum absolute atomic E-state index is 0.159. The van der Waals surface area contributed by atoms with Crippen LogP contribution >= 0.6 is 0 Å². The van der Waals surface area contributed by atoms with E-state index in [2.05, 4.69) is 37.0 Å². The zero-order chi connectivity index (χ0) is 28.4. The molecule has 2 saturated heterocycles. The summed E-state index contributed by atoms with van der Waals surface area (Å²) in [6, 6.07) is 7.28. The number of hydrogen-bond acceptors (Lipinski definition) is 10. The molecule has 0 spiro atoms. The molecule has 3 aromatic rings. The van der Waals surface area contributed by atoms with Crippen molar-refractivity contribution in [3.63, 3.8) is 0 Å². The molecule has 0 saturated carbocycles. The van der Waals surface area contributed by atoms with Gasteiger partial charge in [-0.05, 0) is 62.8 Å². The number of aryl methyl sites for hydroxylation is 1. The van der Waals surface area contributed by atoms with E-state index in [0.29, 0.717) is 35.5 Å². The highest BCUT2D eigenvalue weighted by atomic mass is 32.2. The van der Waals surface area contributed by atoms with Gasteiger partial charge in [-0.2, -0.15) is 0 Å². The zero-order valence-corrected chi connectivity index (χ0v) is 24.0. The molecule has 2 aromatic heterocycles. The minimum Gasteiger partial charge on any atom is -0.395 e. The van der Waals surface area contributed by atoms with Crippen molar-refractivity contribution in [3.8, 4) is 17.1 Å². The maximum Gasteiger partial charge on any atom is 0.234 e. The van der Waals surface area contributed by atoms with Crippen molar-refractivity contribution >= 4 is 27.3 Å². The van der Waals surface area contributed by atoms with E-state index in [4.69, 9.17) is 19.8 Å². The lowest BCUT2D eigenvalue weighted by molar-refractivity contribution is 0.0560. The predicted molar refractivity (Wildman–Crippen MR) is 157 cm³/mol. The first-order valence-electron chi connectivity index (χ1n) is 14.2. The quantitative estimate of drug-likeness (QED) is 0.443. The monoisotopic (exact) mass is 580 g/mol. The Morgan fingerprint density at radius 2 is 1.90 bits per heavy atom. The Balaban J connectivity index is 1.40. The lowest BCUT2D eigenvalue weighted by Gasteiger charge is -2.34. The second-order valence-electron chi connectivity index (χ2n) is 10.9. The van der Waals surface area contributed by atoms with Gasteiger partial charge in [-0.25, -0.2) is 23.1 Å². The van der Waals surface area contributed by atoms with E-state index in [1.807, 2.05) is 31.3 Å². The van der Waals surface area contributed by atoms with Crippen LogP contribution < -0.4 is 14.5 Å². The van der Waals surface area contributed by atoms with Crippen LogP contribution in [-0.4, -0.2) is 89.7 Å². The molecular weight excluding hydrogens is 544 g/mol. The van der Waals surface area contributed by atoms with E-state index >= 15 is 0 Å². The highest BCUT2D eigenvalue weighted by Crippen LogP contribution is 2.32. The largest absolute Gasteiger partial charge is 0.395 e. The fourth-order valence-electron chi connectivity index (χ4n) is 5.76. The summed E-state index contributed by atoms with van der Waals surface area (Å²) in [5, 5.41) is 18.1. The Kier molecular flexibility index (Phi) is 7.91. The summed E-state index contributed by atoms with van der Waals surface area (Å²) in [7, 11) is -3.67. The molecule has 1 aromatic carbocycles. The van der Waals surface area contributed by atoms with Gasteiger partial charge in [0.05, 0.1) is 54.0 Å². The Hall–Kier alpha value is -3.55. The average molecular weight is 581 g/mol. The normalized spacial score (nSPS) is 21.9. The van der Waals surface area contributed by atoms with Crippen LogP contribution in [0.1, 0.15) is 31.4 Å². The standard InChI is InChI=1S/C28H36N8O4S/c1-20-16-24-25-19-36(33-31-25)26-7-6-22(32-41(38,39)15-13-37)17-27(26)34-11-8-23(9-12-34)40-14-3-5-21-4-2-10-35(18-21)28(29-20)30-24/h3,5-7,16-17,19,21,23,32,37H,2,4,8-15,18H2,1H3/b5-3-. The molecule has 7 rings (SSSR count). The summed E-state index contributed by atoms with van der Waals surface area (Å²) in [5.74, 6) is 0.751. The highest BCUT2D eigenvalue weighted by Gasteiger charge is 2.25. The van der Waals surface area contributed by atoms with Crippen molar-refractivity contribution in [1.29, 1.82) is 0 Å². The van der Waals surface area contributed by atoms with Crippen molar-refractivity contribution in [2.24, 2.45) is 5.92 Å². The van der Waals surface area contributed by atoms with E-state index in [0.717, 1.165) is 68.9 Å². The van der Waals surface area contributed by atoms with Gasteiger partial charge in [-0.15, -0.1) is 5.10 Å². The molecule has 218 valence electrons. The molecule has 13 heteroatoms. The molecule has 0 aliphatic carbocycles. The molecule has 6 heterocycles. The summed E-state index contributed by atoms with van der Waals surface area (Å²) in [6.07, 6.45) is 10.4. The third-order valence-corrected chi connectivity index (χ3v) is 9.08. The maximum atomic E-state index is 12.4. The maximum absolute atomic E-state index is 12.4. The fraction of sp³-hybridized carbons (Fsp3) is 0.500. The number of fused-ring (bicyclic) bond motifs is 4. The van der Waals surface area contributed by atoms with Crippen LogP contribution in [0.25, 0.3) is 17.1 Å². The number of ether oxygens (including phenoxy) is 1. The lowest BCUT2D eigenvalue weighted by atomic mass is 9.98. The van der Waals surface area contributed by atoms with Gasteiger partial charge in [0.25, 0.3) is 0 Å². The van der Waals surface area contributed by atoms with Gasteiger partial charge in [-0.3, -0.25) is 4.72 Å². The van der Waals surface area contributed by atoms with Crippen LogP contribution in [-0.2, 0) is 14.8 Å². The molecule has 4 aliphatic heterocycles. The van der Waals surface area contributed by atoms with Gasteiger partial charge in [-0.1, -0.05) is 17.4 Å². The molecule has 4 aliphatic rings. The van der Waals surface area contributed by atoms with Gasteiger partial charge in [0, 0.05) is 31.9 Å². The van der Waals surface area contributed by atoms with Crippen LogP contribution in [0, 0.1) is 12.8 Å². The van der Waals surface area contributed by atoms with E-state index in [1.165, 1.54) is 0 Å². The number of aliphatic hydroxyl groups is 1. The Morgan fingerprint density at radius 3 is 2.73 bits per heavy atom. The van der Waals surface area contributed by atoms with Crippen LogP contribution in [0.15, 0.2) is 42.6 Å². The van der Waals surface area contributed by atoms with Gasteiger partial charge in [0.15, 0.2) is 0 Å². The summed E-state index contributed by atoms with van der Waals surface area (Å²) in [4.78, 5) is 14.1. The number of sulfonamides is 1. The lowest BCUT2D eigenvalue weighted by Crippen LogP contribution is -2.37. The number of rotatable bonds is 4. The number of aliphatic hydroxyl groups excluding tert-OH is 1. The number of nitrogens with zero attached hydrogens (tertiary/aromatic N) is 7. The molecule has 8 bridgehead atoms. The summed E-state index contributed by atoms with van der Waals surface area (Å²) in [6.45, 7) is 5.37. The molecular formula is C28H36N8O4S. The predicted octanol–water partition coefficient (Wildman–Crippen LogP) is 2.54. The average Bonchev–Trinajstić information content (AvgIpc) is 3.45. The highest BCUT2D eigenvalue weighted by molar-refractivity contribution is 7.92. The van der Waals surface area contributed by atoms with Gasteiger partial charge in [0.2, 0.25) is 16.0 Å². The smallest absolute Gasteiger partial charge is 0.234 e. The van der Waals surface area contributed by atoms with Gasteiger partial charge in [0.1, 0.15) is 5.69 Å². The van der Waals surface area contributed by atoms with Crippen LogP contribution in [0.5, 0.6) is 0 Å². The molecule has 12 nitrogen and oxygen atoms in total. The van der Waals surface area contributed by atoms with Crippen molar-refractivity contribution in [1.82, 2.24) is 25.0 Å². The van der Waals surface area contributed by atoms with Crippen molar-refractivity contribution < 1.29 is 18.3 Å². The second-order valence-corrected chi connectivity index (χ2v) is 12.7. The molecule has 2 fully saturated rings. The van der Waals surface area contributed by atoms with E-state index in [1.54, 1.807) is 10.7 Å². The molecule has 1 atom stereocenters. The third kappa shape index (κ3) is 6.36. The van der Waals surface area contributed by atoms with Crippen LogP contribution in [0.4, 0.5) is 17.3 Å². The summed E-state index contributed by atoms with van der Waals surface area (Å²) < 4.78 is 35.3. The van der Waals surface area contributed by atoms with Gasteiger partial charge < -0.3 is 19.6 Å². The SMILES string of the molecule is Cc1cc2nc(n1)N1CCCC(/C=C\COC3CCN(CC3)c3cc(NS(=O)(=O)CCO)ccc3-n3cc-2nn3)C1. The Morgan fingerprint density at radius 1 is 1.05 bits per heavy atom. The Labute approximate surface area is 240 Å². The second kappa shape index (κ2) is 11.7. The van der Waals surface area contributed by atoms with Crippen LogP contribution in [0.2, 0.25) is 0 Å². The first-order valence-corrected chi connectivity index (χ1v) is 15.8. The first kappa shape index (κ1) is 27.6. The van der Waals surface area contributed by atoms with E-state index in [9.17, 15) is 8.42 Å². The molecule has 0 radical (unpaired) electrons. The summed E-state index contributed by atoms with van der Waals surface area (Å²) in [5.41, 5.74) is 4.24. The van der Waals surface area contributed by atoms with Gasteiger partial charge >= 0.3 is 0 Å². The fourth-order valence-corrected chi connectivity index (χ4v) is 6.59. The number of piperidine rings is 2. The number of benzene rings is 1. The number of nitrogens with one attached hydrogen (secondary N) is 1. The van der Waals surface area contributed by atoms with E-state index < -0.39 is 16.6 Å². The topological polar surface area (TPSA) is 139 Å². The molecule has 41 heavy (non-hydrogen) atoms. The first-order chi connectivity index (χ1) is 19.9. The number of hydrogen-bond donors (Lipinski definition) is 2. The number of aromatic nitrogens is 5. The zero-order valence-electron chi connectivity index (χ0n) is 23.2. The Bertz CT molecular complexity index is 1520. The van der Waals surface area contributed by atoms with Crippen molar-refractivity contribution in [2.75, 3.05) is 59.7 Å². The van der Waals surface area contributed by atoms with Crippen molar-refractivity contribution in [2.45, 2.75) is 38.7 Å². The van der Waals surface area contributed by atoms with E-state index in [-0.39, 0.29) is 11.9 Å². The minimum atomic E-state index is -3.67. The van der Waals surface area contributed by atoms with Crippen molar-refractivity contribution in [3.05, 3.63) is 48.3 Å². The van der Waals surface area contributed by atoms with Crippen LogP contribution in [0.3, 0.4) is 0 Å². The molecule has 2 N–H and O–H groups in total. The third-order valence-electron chi connectivity index (χ3n) is 7.81. The molecule has 1 unspecified atom stereocenters. The summed E-state index contributed by atoms with van der Waals surface area (Å²) >= 11 is 0. The molecule has 0 amide bonds.